The van der Waals surface area contributed by atoms with Gasteiger partial charge in [-0.25, -0.2) is 0 Å². The summed E-state index contributed by atoms with van der Waals surface area (Å²) in [6.45, 7) is 9.43. The van der Waals surface area contributed by atoms with Crippen molar-refractivity contribution in [2.45, 2.75) is 64.1 Å². The van der Waals surface area contributed by atoms with Gasteiger partial charge in [0.05, 0.1) is 18.3 Å². The Kier molecular flexibility index (Phi) is 8.15. The Morgan fingerprint density at radius 3 is 2.72 bits per heavy atom. The molecule has 0 radical (unpaired) electrons. The molecule has 0 aromatic heterocycles. The van der Waals surface area contributed by atoms with E-state index in [9.17, 15) is 5.11 Å². The Balaban J connectivity index is 1.77. The van der Waals surface area contributed by atoms with E-state index in [-0.39, 0.29) is 6.10 Å². The highest BCUT2D eigenvalue weighted by atomic mass is 16.5. The molecule has 1 aliphatic carbocycles. The van der Waals surface area contributed by atoms with Crippen LogP contribution >= 0.6 is 0 Å². The van der Waals surface area contributed by atoms with Gasteiger partial charge in [0.25, 0.3) is 0 Å². The lowest BCUT2D eigenvalue weighted by atomic mass is 9.74. The zero-order valence-electron chi connectivity index (χ0n) is 19.1. The quantitative estimate of drug-likeness (QED) is 0.622. The van der Waals surface area contributed by atoms with Crippen molar-refractivity contribution in [2.24, 2.45) is 11.8 Å². The van der Waals surface area contributed by atoms with Crippen LogP contribution in [0, 0.1) is 11.8 Å². The minimum absolute atomic E-state index is 0.137. The van der Waals surface area contributed by atoms with E-state index in [2.05, 4.69) is 48.2 Å². The van der Waals surface area contributed by atoms with Gasteiger partial charge in [0.15, 0.2) is 0 Å². The average molecular weight is 403 g/mol. The summed E-state index contributed by atoms with van der Waals surface area (Å²) in [4.78, 5) is 4.88. The summed E-state index contributed by atoms with van der Waals surface area (Å²) in [7, 11) is 4.28. The van der Waals surface area contributed by atoms with Gasteiger partial charge in [0.1, 0.15) is 0 Å². The maximum Gasteiger partial charge on any atom is 0.0837 e. The SMILES string of the molecule is CN(C)CC/C=C1\CCOC2C=CC(C(C)(C)O)=CC2C1CCCN1CCCC1. The first-order chi connectivity index (χ1) is 13.8. The van der Waals surface area contributed by atoms with Crippen LogP contribution in [0.25, 0.3) is 0 Å². The molecule has 0 aromatic carbocycles. The third kappa shape index (κ3) is 6.52. The van der Waals surface area contributed by atoms with E-state index in [0.29, 0.717) is 11.8 Å². The molecular weight excluding hydrogens is 360 g/mol. The molecule has 0 aromatic rings. The summed E-state index contributed by atoms with van der Waals surface area (Å²) in [5.41, 5.74) is 1.80. The van der Waals surface area contributed by atoms with E-state index in [1.165, 1.54) is 45.3 Å². The van der Waals surface area contributed by atoms with Gasteiger partial charge in [-0.15, -0.1) is 0 Å². The fraction of sp³-hybridized carbons (Fsp3) is 0.760. The lowest BCUT2D eigenvalue weighted by Gasteiger charge is -2.34. The summed E-state index contributed by atoms with van der Waals surface area (Å²) < 4.78 is 6.26. The molecule has 164 valence electrons. The molecule has 0 saturated carbocycles. The Morgan fingerprint density at radius 2 is 2.03 bits per heavy atom. The first kappa shape index (κ1) is 22.7. The van der Waals surface area contributed by atoms with Gasteiger partial charge in [-0.1, -0.05) is 29.9 Å². The van der Waals surface area contributed by atoms with E-state index in [1.54, 1.807) is 5.57 Å². The van der Waals surface area contributed by atoms with Gasteiger partial charge in [0, 0.05) is 12.5 Å². The van der Waals surface area contributed by atoms with E-state index in [0.717, 1.165) is 31.6 Å². The maximum atomic E-state index is 10.6. The van der Waals surface area contributed by atoms with Gasteiger partial charge in [0.2, 0.25) is 0 Å². The molecule has 0 bridgehead atoms. The molecule has 3 aliphatic rings. The molecule has 2 heterocycles. The summed E-state index contributed by atoms with van der Waals surface area (Å²) in [6, 6.07) is 0. The van der Waals surface area contributed by atoms with Gasteiger partial charge in [-0.2, -0.15) is 0 Å². The summed E-state index contributed by atoms with van der Waals surface area (Å²) in [6.07, 6.45) is 16.5. The van der Waals surface area contributed by atoms with Crippen LogP contribution in [0.5, 0.6) is 0 Å². The minimum atomic E-state index is -0.803. The predicted octanol–water partition coefficient (Wildman–Crippen LogP) is 4.03. The first-order valence-electron chi connectivity index (χ1n) is 11.6. The Hall–Kier alpha value is -0.940. The topological polar surface area (TPSA) is 35.9 Å². The summed E-state index contributed by atoms with van der Waals surface area (Å²) >= 11 is 0. The van der Waals surface area contributed by atoms with Crippen LogP contribution in [-0.4, -0.2) is 73.5 Å². The number of rotatable bonds is 8. The summed E-state index contributed by atoms with van der Waals surface area (Å²) in [5.74, 6) is 0.836. The highest BCUT2D eigenvalue weighted by Gasteiger charge is 2.35. The number of hydrogen-bond donors (Lipinski definition) is 1. The van der Waals surface area contributed by atoms with Crippen molar-refractivity contribution >= 4 is 0 Å². The lowest BCUT2D eigenvalue weighted by molar-refractivity contribution is 0.0578. The van der Waals surface area contributed by atoms with Gasteiger partial charge in [-0.05, 0) is 97.6 Å². The summed E-state index contributed by atoms with van der Waals surface area (Å²) in [5, 5.41) is 10.6. The van der Waals surface area contributed by atoms with Crippen molar-refractivity contribution in [3.05, 3.63) is 35.5 Å². The van der Waals surface area contributed by atoms with Crippen LogP contribution < -0.4 is 0 Å². The Morgan fingerprint density at radius 1 is 1.28 bits per heavy atom. The number of nitrogens with zero attached hydrogens (tertiary/aromatic N) is 2. The van der Waals surface area contributed by atoms with E-state index in [4.69, 9.17) is 4.74 Å². The minimum Gasteiger partial charge on any atom is -0.386 e. The van der Waals surface area contributed by atoms with Crippen molar-refractivity contribution in [1.82, 2.24) is 9.80 Å². The predicted molar refractivity (Wildman–Crippen MR) is 121 cm³/mol. The molecule has 3 atom stereocenters. The smallest absolute Gasteiger partial charge is 0.0837 e. The largest absolute Gasteiger partial charge is 0.386 e. The number of fused-ring (bicyclic) bond motifs is 1. The van der Waals surface area contributed by atoms with E-state index in [1.807, 2.05) is 13.8 Å². The maximum absolute atomic E-state index is 10.6. The fourth-order valence-electron chi connectivity index (χ4n) is 5.03. The monoisotopic (exact) mass is 402 g/mol. The molecule has 0 spiro atoms. The molecule has 29 heavy (non-hydrogen) atoms. The van der Waals surface area contributed by atoms with Crippen LogP contribution in [0.15, 0.2) is 35.5 Å². The molecule has 1 N–H and O–H groups in total. The molecule has 0 amide bonds. The lowest BCUT2D eigenvalue weighted by Crippen LogP contribution is -2.32. The van der Waals surface area contributed by atoms with Crippen LogP contribution in [0.3, 0.4) is 0 Å². The van der Waals surface area contributed by atoms with Crippen molar-refractivity contribution in [2.75, 3.05) is 46.9 Å². The normalized spacial score (nSPS) is 29.9. The van der Waals surface area contributed by atoms with Crippen molar-refractivity contribution in [1.29, 1.82) is 0 Å². The van der Waals surface area contributed by atoms with Crippen molar-refractivity contribution < 1.29 is 9.84 Å². The Labute approximate surface area is 178 Å². The van der Waals surface area contributed by atoms with Gasteiger partial charge < -0.3 is 19.6 Å². The third-order valence-corrected chi connectivity index (χ3v) is 6.74. The highest BCUT2D eigenvalue weighted by Crippen LogP contribution is 2.40. The third-order valence-electron chi connectivity index (χ3n) is 6.74. The van der Waals surface area contributed by atoms with Crippen LogP contribution in [-0.2, 0) is 4.74 Å². The standard InChI is InChI=1S/C25H42N2O2/c1-25(2,28)21-11-12-24-23(19-21)22(10-8-17-27-15-5-6-16-27)20(13-18-29-24)9-7-14-26(3)4/h9,11-12,19,22-24,28H,5-8,10,13-18H2,1-4H3/b20-9+. The number of hydrogen-bond acceptors (Lipinski definition) is 4. The number of aliphatic hydroxyl groups is 1. The Bertz CT molecular complexity index is 609. The van der Waals surface area contributed by atoms with Crippen molar-refractivity contribution in [3.63, 3.8) is 0 Å². The second-order valence-electron chi connectivity index (χ2n) is 9.87. The molecule has 2 fully saturated rings. The first-order valence-corrected chi connectivity index (χ1v) is 11.6. The molecule has 2 saturated heterocycles. The molecule has 4 nitrogen and oxygen atoms in total. The average Bonchev–Trinajstić information content (AvgIpc) is 3.11. The molecule has 2 aliphatic heterocycles. The fourth-order valence-corrected chi connectivity index (χ4v) is 5.03. The van der Waals surface area contributed by atoms with E-state index < -0.39 is 5.60 Å². The highest BCUT2D eigenvalue weighted by molar-refractivity contribution is 5.35. The van der Waals surface area contributed by atoms with Gasteiger partial charge >= 0.3 is 0 Å². The molecular formula is C25H42N2O2. The number of likely N-dealkylation sites (tertiary alicyclic amines) is 1. The molecule has 3 rings (SSSR count). The zero-order chi connectivity index (χ0) is 20.9. The second kappa shape index (κ2) is 10.4. The van der Waals surface area contributed by atoms with Crippen LogP contribution in [0.4, 0.5) is 0 Å². The van der Waals surface area contributed by atoms with E-state index >= 15 is 0 Å². The molecule has 3 unspecified atom stereocenters. The molecule has 4 heteroatoms. The number of ether oxygens (including phenoxy) is 1. The van der Waals surface area contributed by atoms with Crippen LogP contribution in [0.2, 0.25) is 0 Å². The van der Waals surface area contributed by atoms with Crippen LogP contribution in [0.1, 0.15) is 52.4 Å². The van der Waals surface area contributed by atoms with Gasteiger partial charge in [-0.3, -0.25) is 0 Å². The van der Waals surface area contributed by atoms with Crippen molar-refractivity contribution in [3.8, 4) is 0 Å². The second-order valence-corrected chi connectivity index (χ2v) is 9.87. The zero-order valence-corrected chi connectivity index (χ0v) is 19.1.